The van der Waals surface area contributed by atoms with E-state index < -0.39 is 0 Å². The van der Waals surface area contributed by atoms with Crippen molar-refractivity contribution in [2.75, 3.05) is 6.61 Å². The number of ether oxygens (including phenoxy) is 1. The molecule has 1 aliphatic carbocycles. The van der Waals surface area contributed by atoms with Crippen molar-refractivity contribution in [2.45, 2.75) is 52.0 Å². The highest BCUT2D eigenvalue weighted by Crippen LogP contribution is 2.45. The van der Waals surface area contributed by atoms with Gasteiger partial charge < -0.3 is 10.5 Å². The highest BCUT2D eigenvalue weighted by molar-refractivity contribution is 5.34. The molecule has 0 aromatic heterocycles. The van der Waals surface area contributed by atoms with Gasteiger partial charge in [0.15, 0.2) is 0 Å². The first kappa shape index (κ1) is 13.4. The lowest BCUT2D eigenvalue weighted by molar-refractivity contribution is 0.151. The van der Waals surface area contributed by atoms with E-state index in [4.69, 9.17) is 10.5 Å². The number of nitrogens with two attached hydrogens (primary N) is 1. The van der Waals surface area contributed by atoms with Crippen LogP contribution in [0.5, 0.6) is 5.75 Å². The Balaban J connectivity index is 2.26. The van der Waals surface area contributed by atoms with Crippen LogP contribution in [0.15, 0.2) is 24.3 Å². The molecule has 2 nitrogen and oxygen atoms in total. The zero-order valence-corrected chi connectivity index (χ0v) is 11.8. The Morgan fingerprint density at radius 1 is 1.28 bits per heavy atom. The lowest BCUT2D eigenvalue weighted by Gasteiger charge is -2.43. The third-order valence-electron chi connectivity index (χ3n) is 3.99. The first-order valence-corrected chi connectivity index (χ1v) is 6.97. The molecule has 1 fully saturated rings. The van der Waals surface area contributed by atoms with Crippen LogP contribution < -0.4 is 10.5 Å². The molecule has 2 rings (SSSR count). The van der Waals surface area contributed by atoms with Crippen molar-refractivity contribution >= 4 is 0 Å². The van der Waals surface area contributed by atoms with Gasteiger partial charge in [-0.1, -0.05) is 32.4 Å². The van der Waals surface area contributed by atoms with Crippen molar-refractivity contribution in [2.24, 2.45) is 11.1 Å². The highest BCUT2D eigenvalue weighted by atomic mass is 16.5. The van der Waals surface area contributed by atoms with Gasteiger partial charge in [0.1, 0.15) is 5.75 Å². The molecule has 1 aromatic carbocycles. The molecule has 2 N–H and O–H groups in total. The van der Waals surface area contributed by atoms with Crippen molar-refractivity contribution in [3.63, 3.8) is 0 Å². The molecule has 0 bridgehead atoms. The Hall–Kier alpha value is -1.02. The van der Waals surface area contributed by atoms with Gasteiger partial charge in [0.2, 0.25) is 0 Å². The van der Waals surface area contributed by atoms with E-state index in [0.717, 1.165) is 18.6 Å². The third-order valence-corrected chi connectivity index (χ3v) is 3.99. The second-order valence-corrected chi connectivity index (χ2v) is 6.31. The average molecular weight is 247 g/mol. The Labute approximate surface area is 111 Å². The molecule has 1 aliphatic rings. The maximum atomic E-state index is 6.67. The molecular formula is C16H25NO. The largest absolute Gasteiger partial charge is 0.494 e. The van der Waals surface area contributed by atoms with Gasteiger partial charge in [0, 0.05) is 5.54 Å². The molecule has 0 saturated heterocycles. The molecule has 1 atom stereocenters. The molecule has 1 unspecified atom stereocenters. The summed E-state index contributed by atoms with van der Waals surface area (Å²) < 4.78 is 5.58. The van der Waals surface area contributed by atoms with Crippen molar-refractivity contribution in [1.82, 2.24) is 0 Å². The van der Waals surface area contributed by atoms with Crippen LogP contribution in [0, 0.1) is 5.41 Å². The summed E-state index contributed by atoms with van der Waals surface area (Å²) in [6, 6.07) is 8.32. The molecule has 1 saturated carbocycles. The topological polar surface area (TPSA) is 35.2 Å². The Bertz CT molecular complexity index is 413. The lowest BCUT2D eigenvalue weighted by atomic mass is 9.66. The van der Waals surface area contributed by atoms with E-state index >= 15 is 0 Å². The molecule has 0 spiro atoms. The smallest absolute Gasteiger partial charge is 0.119 e. The Morgan fingerprint density at radius 2 is 2.06 bits per heavy atom. The van der Waals surface area contributed by atoms with E-state index in [-0.39, 0.29) is 5.54 Å². The molecule has 0 amide bonds. The number of benzene rings is 1. The summed E-state index contributed by atoms with van der Waals surface area (Å²) in [6.45, 7) is 7.35. The van der Waals surface area contributed by atoms with Crippen LogP contribution in [0.4, 0.5) is 0 Å². The van der Waals surface area contributed by atoms with E-state index in [2.05, 4.69) is 32.0 Å². The van der Waals surface area contributed by atoms with E-state index in [0.29, 0.717) is 12.0 Å². The summed E-state index contributed by atoms with van der Waals surface area (Å²) in [4.78, 5) is 0. The van der Waals surface area contributed by atoms with E-state index in [1.807, 2.05) is 13.0 Å². The van der Waals surface area contributed by atoms with E-state index in [1.54, 1.807) is 0 Å². The summed E-state index contributed by atoms with van der Waals surface area (Å²) >= 11 is 0. The lowest BCUT2D eigenvalue weighted by Crippen LogP contribution is -2.44. The normalized spacial score (nSPS) is 26.9. The zero-order chi connectivity index (χ0) is 13.2. The summed E-state index contributed by atoms with van der Waals surface area (Å²) in [7, 11) is 0. The predicted molar refractivity (Wildman–Crippen MR) is 75.7 cm³/mol. The van der Waals surface area contributed by atoms with Gasteiger partial charge in [-0.25, -0.2) is 0 Å². The van der Waals surface area contributed by atoms with Gasteiger partial charge in [-0.05, 0) is 49.3 Å². The van der Waals surface area contributed by atoms with E-state index in [9.17, 15) is 0 Å². The van der Waals surface area contributed by atoms with Gasteiger partial charge in [-0.15, -0.1) is 0 Å². The molecule has 100 valence electrons. The SMILES string of the molecule is CCOc1cccc(C2(N)CCCC(C)(C)C2)c1. The minimum Gasteiger partial charge on any atom is -0.494 e. The maximum absolute atomic E-state index is 6.67. The minimum absolute atomic E-state index is 0.186. The molecule has 0 heterocycles. The molecule has 1 aromatic rings. The van der Waals surface area contributed by atoms with Gasteiger partial charge >= 0.3 is 0 Å². The summed E-state index contributed by atoms with van der Waals surface area (Å²) in [5, 5.41) is 0. The van der Waals surface area contributed by atoms with Crippen LogP contribution in [-0.4, -0.2) is 6.61 Å². The number of hydrogen-bond acceptors (Lipinski definition) is 2. The number of rotatable bonds is 3. The van der Waals surface area contributed by atoms with Crippen molar-refractivity contribution in [1.29, 1.82) is 0 Å². The molecule has 0 aliphatic heterocycles. The predicted octanol–water partition coefficient (Wildman–Crippen LogP) is 3.84. The molecule has 0 radical (unpaired) electrons. The first-order valence-electron chi connectivity index (χ1n) is 6.97. The maximum Gasteiger partial charge on any atom is 0.119 e. The minimum atomic E-state index is -0.186. The Morgan fingerprint density at radius 3 is 2.72 bits per heavy atom. The number of hydrogen-bond donors (Lipinski definition) is 1. The summed E-state index contributed by atoms with van der Waals surface area (Å²) in [5.41, 5.74) is 8.05. The molecule has 18 heavy (non-hydrogen) atoms. The van der Waals surface area contributed by atoms with Gasteiger partial charge in [-0.3, -0.25) is 0 Å². The fraction of sp³-hybridized carbons (Fsp3) is 0.625. The first-order chi connectivity index (χ1) is 8.45. The quantitative estimate of drug-likeness (QED) is 0.880. The van der Waals surface area contributed by atoms with Crippen LogP contribution in [0.1, 0.15) is 52.0 Å². The Kier molecular flexibility index (Phi) is 3.67. The van der Waals surface area contributed by atoms with Crippen LogP contribution >= 0.6 is 0 Å². The van der Waals surface area contributed by atoms with Crippen LogP contribution in [0.3, 0.4) is 0 Å². The second kappa shape index (κ2) is 4.93. The van der Waals surface area contributed by atoms with Gasteiger partial charge in [-0.2, -0.15) is 0 Å². The zero-order valence-electron chi connectivity index (χ0n) is 11.8. The van der Waals surface area contributed by atoms with Crippen molar-refractivity contribution in [3.8, 4) is 5.75 Å². The monoisotopic (exact) mass is 247 g/mol. The van der Waals surface area contributed by atoms with E-state index in [1.165, 1.54) is 18.4 Å². The standard InChI is InChI=1S/C16H25NO/c1-4-18-14-8-5-7-13(11-14)16(17)10-6-9-15(2,3)12-16/h5,7-8,11H,4,6,9-10,12,17H2,1-3H3. The fourth-order valence-electron chi connectivity index (χ4n) is 3.22. The average Bonchev–Trinajstić information content (AvgIpc) is 2.28. The fourth-order valence-corrected chi connectivity index (χ4v) is 3.22. The van der Waals surface area contributed by atoms with Crippen LogP contribution in [-0.2, 0) is 5.54 Å². The summed E-state index contributed by atoms with van der Waals surface area (Å²) in [6.07, 6.45) is 4.61. The van der Waals surface area contributed by atoms with Crippen molar-refractivity contribution in [3.05, 3.63) is 29.8 Å². The third kappa shape index (κ3) is 2.86. The van der Waals surface area contributed by atoms with Crippen LogP contribution in [0.2, 0.25) is 0 Å². The molecular weight excluding hydrogens is 222 g/mol. The summed E-state index contributed by atoms with van der Waals surface area (Å²) in [5.74, 6) is 0.934. The van der Waals surface area contributed by atoms with Crippen LogP contribution in [0.25, 0.3) is 0 Å². The second-order valence-electron chi connectivity index (χ2n) is 6.31. The van der Waals surface area contributed by atoms with Gasteiger partial charge in [0.25, 0.3) is 0 Å². The molecule has 2 heteroatoms. The highest BCUT2D eigenvalue weighted by Gasteiger charge is 2.38. The van der Waals surface area contributed by atoms with Gasteiger partial charge in [0.05, 0.1) is 6.61 Å². The van der Waals surface area contributed by atoms with Crippen molar-refractivity contribution < 1.29 is 4.74 Å².